The van der Waals surface area contributed by atoms with Crippen molar-refractivity contribution in [1.82, 2.24) is 5.32 Å². The summed E-state index contributed by atoms with van der Waals surface area (Å²) in [6.07, 6.45) is 0.560. The molecule has 0 aliphatic carbocycles. The highest BCUT2D eigenvalue weighted by molar-refractivity contribution is 6.32. The lowest BCUT2D eigenvalue weighted by Crippen LogP contribution is -2.30. The number of methoxy groups -OCH3 is 1. The molecule has 2 N–H and O–H groups in total. The van der Waals surface area contributed by atoms with E-state index in [0.717, 1.165) is 0 Å². The van der Waals surface area contributed by atoms with Gasteiger partial charge < -0.3 is 20.1 Å². The quantitative estimate of drug-likeness (QED) is 0.412. The minimum Gasteiger partial charge on any atom is -0.495 e. The van der Waals surface area contributed by atoms with E-state index in [4.69, 9.17) is 21.1 Å². The zero-order chi connectivity index (χ0) is 18.9. The zero-order valence-electron chi connectivity index (χ0n) is 14.0. The third kappa shape index (κ3) is 5.52. The average Bonchev–Trinajstić information content (AvgIpc) is 2.62. The van der Waals surface area contributed by atoms with Crippen LogP contribution < -0.4 is 20.1 Å². The van der Waals surface area contributed by atoms with Gasteiger partial charge in [0.25, 0.3) is 5.69 Å². The molecule has 0 bridgehead atoms. The number of anilines is 1. The van der Waals surface area contributed by atoms with Gasteiger partial charge in [-0.1, -0.05) is 23.7 Å². The maximum absolute atomic E-state index is 11.9. The number of nitrogens with one attached hydrogen (secondary N) is 2. The van der Waals surface area contributed by atoms with Crippen LogP contribution >= 0.6 is 11.6 Å². The molecule has 26 heavy (non-hydrogen) atoms. The average molecular weight is 380 g/mol. The van der Waals surface area contributed by atoms with Crippen LogP contribution in [-0.4, -0.2) is 31.2 Å². The molecule has 0 unspecified atom stereocenters. The molecule has 0 fully saturated rings. The van der Waals surface area contributed by atoms with Crippen molar-refractivity contribution in [3.63, 3.8) is 0 Å². The molecule has 9 heteroatoms. The summed E-state index contributed by atoms with van der Waals surface area (Å²) in [5, 5.41) is 16.5. The summed E-state index contributed by atoms with van der Waals surface area (Å²) < 4.78 is 10.6. The zero-order valence-corrected chi connectivity index (χ0v) is 14.8. The monoisotopic (exact) mass is 379 g/mol. The number of non-ortho nitro benzene ring substituents is 1. The summed E-state index contributed by atoms with van der Waals surface area (Å²) in [6, 6.07) is 10.6. The first kappa shape index (κ1) is 19.3. The number of nitrogens with zero attached hydrogens (tertiary/aromatic N) is 1. The molecule has 0 aromatic heterocycles. The van der Waals surface area contributed by atoms with Gasteiger partial charge in [-0.2, -0.15) is 0 Å². The molecule has 138 valence electrons. The predicted octanol–water partition coefficient (Wildman–Crippen LogP) is 3.85. The van der Waals surface area contributed by atoms with Crippen molar-refractivity contribution in [1.29, 1.82) is 0 Å². The Balaban J connectivity index is 1.79. The first-order valence-corrected chi connectivity index (χ1v) is 8.13. The summed E-state index contributed by atoms with van der Waals surface area (Å²) in [6.45, 7) is 0.734. The first-order chi connectivity index (χ1) is 12.5. The normalized spacial score (nSPS) is 10.1. The lowest BCUT2D eigenvalue weighted by molar-refractivity contribution is -0.384. The molecule has 0 atom stereocenters. The van der Waals surface area contributed by atoms with Crippen LogP contribution in [-0.2, 0) is 0 Å². The molecule has 0 aliphatic heterocycles. The van der Waals surface area contributed by atoms with Gasteiger partial charge in [0, 0.05) is 18.7 Å². The Labute approximate surface area is 155 Å². The van der Waals surface area contributed by atoms with E-state index in [0.29, 0.717) is 36.1 Å². The van der Waals surface area contributed by atoms with Crippen molar-refractivity contribution in [2.45, 2.75) is 6.42 Å². The fourth-order valence-corrected chi connectivity index (χ4v) is 2.28. The van der Waals surface area contributed by atoms with Crippen LogP contribution in [0, 0.1) is 10.1 Å². The number of carbonyl (C=O) groups excluding carboxylic acids is 1. The molecule has 0 saturated carbocycles. The molecule has 0 saturated heterocycles. The van der Waals surface area contributed by atoms with E-state index in [1.807, 2.05) is 12.1 Å². The minimum absolute atomic E-state index is 0.144. The largest absolute Gasteiger partial charge is 0.495 e. The number of halogens is 1. The molecule has 2 rings (SSSR count). The van der Waals surface area contributed by atoms with Crippen LogP contribution in [0.2, 0.25) is 5.02 Å². The molecule has 2 aromatic rings. The number of para-hydroxylation sites is 1. The number of hydrogen-bond acceptors (Lipinski definition) is 5. The second-order valence-electron chi connectivity index (χ2n) is 5.16. The van der Waals surface area contributed by atoms with Crippen molar-refractivity contribution in [2.24, 2.45) is 0 Å². The van der Waals surface area contributed by atoms with Crippen molar-refractivity contribution >= 4 is 29.0 Å². The third-order valence-electron chi connectivity index (χ3n) is 3.34. The molecule has 8 nitrogen and oxygen atoms in total. The fraction of sp³-hybridized carbons (Fsp3) is 0.235. The number of ether oxygens (including phenoxy) is 2. The summed E-state index contributed by atoms with van der Waals surface area (Å²) in [5.74, 6) is 0.910. The number of urea groups is 1. The van der Waals surface area contributed by atoms with Gasteiger partial charge in [-0.3, -0.25) is 10.1 Å². The molecular weight excluding hydrogens is 362 g/mol. The van der Waals surface area contributed by atoms with Crippen molar-refractivity contribution in [3.05, 3.63) is 57.6 Å². The molecule has 0 radical (unpaired) electrons. The van der Waals surface area contributed by atoms with Gasteiger partial charge in [0.1, 0.15) is 11.5 Å². The predicted molar refractivity (Wildman–Crippen MR) is 98.2 cm³/mol. The van der Waals surface area contributed by atoms with Crippen molar-refractivity contribution < 1.29 is 19.2 Å². The van der Waals surface area contributed by atoms with E-state index in [1.165, 1.54) is 25.3 Å². The topological polar surface area (TPSA) is 103 Å². The smallest absolute Gasteiger partial charge is 0.319 e. The van der Waals surface area contributed by atoms with Crippen LogP contribution in [0.15, 0.2) is 42.5 Å². The molecule has 2 aromatic carbocycles. The number of benzene rings is 2. The van der Waals surface area contributed by atoms with Crippen LogP contribution in [0.1, 0.15) is 6.42 Å². The van der Waals surface area contributed by atoms with Gasteiger partial charge >= 0.3 is 6.03 Å². The third-order valence-corrected chi connectivity index (χ3v) is 3.66. The van der Waals surface area contributed by atoms with Crippen LogP contribution in [0.4, 0.5) is 16.2 Å². The van der Waals surface area contributed by atoms with Gasteiger partial charge in [-0.15, -0.1) is 0 Å². The van der Waals surface area contributed by atoms with Gasteiger partial charge in [0.2, 0.25) is 0 Å². The highest BCUT2D eigenvalue weighted by atomic mass is 35.5. The number of hydrogen-bond donors (Lipinski definition) is 2. The first-order valence-electron chi connectivity index (χ1n) is 7.76. The number of nitro groups is 1. The van der Waals surface area contributed by atoms with E-state index in [1.54, 1.807) is 12.1 Å². The van der Waals surface area contributed by atoms with Gasteiger partial charge in [-0.05, 0) is 24.6 Å². The Kier molecular flexibility index (Phi) is 7.04. The van der Waals surface area contributed by atoms with E-state index < -0.39 is 11.0 Å². The standard InChI is InChI=1S/C17H18ClN3O5/c1-25-16-8-7-12(21(23)24)11-14(16)20-17(22)19-9-4-10-26-15-6-3-2-5-13(15)18/h2-3,5-8,11H,4,9-10H2,1H3,(H2,19,20,22). The van der Waals surface area contributed by atoms with Crippen LogP contribution in [0.3, 0.4) is 0 Å². The summed E-state index contributed by atoms with van der Waals surface area (Å²) in [7, 11) is 1.41. The van der Waals surface area contributed by atoms with Crippen molar-refractivity contribution in [2.75, 3.05) is 25.6 Å². The Hall–Kier alpha value is -3.00. The Morgan fingerprint density at radius 1 is 1.23 bits per heavy atom. The van der Waals surface area contributed by atoms with Crippen LogP contribution in [0.5, 0.6) is 11.5 Å². The highest BCUT2D eigenvalue weighted by Crippen LogP contribution is 2.28. The maximum atomic E-state index is 11.9. The van der Waals surface area contributed by atoms with E-state index >= 15 is 0 Å². The number of nitro benzene ring substituents is 1. The molecule has 0 aliphatic rings. The number of amides is 2. The lowest BCUT2D eigenvalue weighted by atomic mass is 10.2. The Bertz CT molecular complexity index is 785. The fourth-order valence-electron chi connectivity index (χ4n) is 2.09. The second-order valence-corrected chi connectivity index (χ2v) is 5.56. The van der Waals surface area contributed by atoms with E-state index in [9.17, 15) is 14.9 Å². The van der Waals surface area contributed by atoms with Crippen LogP contribution in [0.25, 0.3) is 0 Å². The van der Waals surface area contributed by atoms with Gasteiger partial charge in [0.05, 0.1) is 29.4 Å². The van der Waals surface area contributed by atoms with Gasteiger partial charge in [0.15, 0.2) is 0 Å². The number of rotatable bonds is 8. The summed E-state index contributed by atoms with van der Waals surface area (Å²) >= 11 is 5.98. The second kappa shape index (κ2) is 9.47. The summed E-state index contributed by atoms with van der Waals surface area (Å²) in [4.78, 5) is 22.2. The van der Waals surface area contributed by atoms with E-state index in [2.05, 4.69) is 10.6 Å². The minimum atomic E-state index is -0.547. The molecule has 0 spiro atoms. The molecule has 2 amide bonds. The summed E-state index contributed by atoms with van der Waals surface area (Å²) in [5.41, 5.74) is 0.0701. The SMILES string of the molecule is COc1ccc([N+](=O)[O-])cc1NC(=O)NCCCOc1ccccc1Cl. The number of carbonyl (C=O) groups is 1. The molecule has 0 heterocycles. The Morgan fingerprint density at radius 3 is 2.69 bits per heavy atom. The lowest BCUT2D eigenvalue weighted by Gasteiger charge is -2.11. The van der Waals surface area contributed by atoms with Crippen molar-refractivity contribution in [3.8, 4) is 11.5 Å². The maximum Gasteiger partial charge on any atom is 0.319 e. The van der Waals surface area contributed by atoms with Gasteiger partial charge in [-0.25, -0.2) is 4.79 Å². The van der Waals surface area contributed by atoms with E-state index in [-0.39, 0.29) is 11.4 Å². The highest BCUT2D eigenvalue weighted by Gasteiger charge is 2.13. The Morgan fingerprint density at radius 2 is 2.00 bits per heavy atom. The molecular formula is C17H18ClN3O5.